The molecule has 124 valence electrons. The topological polar surface area (TPSA) is 27.7 Å². The normalized spacial score (nSPS) is 15.2. The van der Waals surface area contributed by atoms with Crippen molar-refractivity contribution in [3.05, 3.63) is 24.3 Å². The van der Waals surface area contributed by atoms with E-state index >= 15 is 0 Å². The molecular formula is C19H30O3. The third-order valence-corrected chi connectivity index (χ3v) is 4.04. The van der Waals surface area contributed by atoms with Crippen molar-refractivity contribution in [3.63, 3.8) is 0 Å². The van der Waals surface area contributed by atoms with E-state index in [1.165, 1.54) is 38.5 Å². The highest BCUT2D eigenvalue weighted by Crippen LogP contribution is 2.41. The summed E-state index contributed by atoms with van der Waals surface area (Å²) in [5, 5.41) is 0. The number of fused-ring (bicyclic) bond motifs is 1. The molecule has 1 aromatic carbocycles. The highest BCUT2D eigenvalue weighted by Gasteiger charge is 2.42. The molecule has 1 heterocycles. The van der Waals surface area contributed by atoms with E-state index in [0.717, 1.165) is 30.8 Å². The van der Waals surface area contributed by atoms with Gasteiger partial charge in [0.15, 0.2) is 11.5 Å². The lowest BCUT2D eigenvalue weighted by Gasteiger charge is -2.27. The number of rotatable bonds is 11. The van der Waals surface area contributed by atoms with Crippen molar-refractivity contribution in [3.8, 4) is 11.5 Å². The number of para-hydroxylation sites is 2. The fourth-order valence-corrected chi connectivity index (χ4v) is 2.73. The molecule has 0 aliphatic carbocycles. The molecule has 0 unspecified atom stereocenters. The summed E-state index contributed by atoms with van der Waals surface area (Å²) in [5.74, 6) is 0.696. The minimum Gasteiger partial charge on any atom is -0.426 e. The van der Waals surface area contributed by atoms with Gasteiger partial charge in [-0.05, 0) is 25.0 Å². The van der Waals surface area contributed by atoms with Crippen molar-refractivity contribution >= 4 is 0 Å². The second-order valence-electron chi connectivity index (χ2n) is 6.05. The minimum atomic E-state index is -0.899. The zero-order chi connectivity index (χ0) is 15.7. The molecule has 3 nitrogen and oxygen atoms in total. The fraction of sp³-hybridized carbons (Fsp3) is 0.684. The fourth-order valence-electron chi connectivity index (χ4n) is 2.73. The summed E-state index contributed by atoms with van der Waals surface area (Å²) in [7, 11) is 0. The van der Waals surface area contributed by atoms with Crippen molar-refractivity contribution in [2.45, 2.75) is 77.6 Å². The number of hydrogen-bond acceptors (Lipinski definition) is 3. The zero-order valence-electron chi connectivity index (χ0n) is 14.1. The van der Waals surface area contributed by atoms with Crippen LogP contribution in [0.15, 0.2) is 24.3 Å². The molecule has 0 bridgehead atoms. The highest BCUT2D eigenvalue weighted by atomic mass is 16.9. The molecule has 1 aliphatic rings. The van der Waals surface area contributed by atoms with Crippen LogP contribution < -0.4 is 9.47 Å². The van der Waals surface area contributed by atoms with Gasteiger partial charge in [0.05, 0.1) is 13.0 Å². The van der Waals surface area contributed by atoms with Gasteiger partial charge in [-0.1, -0.05) is 64.5 Å². The molecule has 0 aromatic heterocycles. The van der Waals surface area contributed by atoms with Crippen LogP contribution in [-0.2, 0) is 4.74 Å². The lowest BCUT2D eigenvalue weighted by molar-refractivity contribution is -0.286. The Morgan fingerprint density at radius 1 is 0.818 bits per heavy atom. The third kappa shape index (κ3) is 4.91. The first kappa shape index (κ1) is 17.1. The van der Waals surface area contributed by atoms with Crippen LogP contribution in [0, 0.1) is 0 Å². The molecule has 0 atom stereocenters. The minimum absolute atomic E-state index is 0.696. The van der Waals surface area contributed by atoms with E-state index in [2.05, 4.69) is 13.8 Å². The van der Waals surface area contributed by atoms with Gasteiger partial charge in [-0.2, -0.15) is 0 Å². The average Bonchev–Trinajstić information content (AvgIpc) is 2.90. The van der Waals surface area contributed by atoms with Crippen LogP contribution in [0.3, 0.4) is 0 Å². The number of hydrogen-bond donors (Lipinski definition) is 0. The van der Waals surface area contributed by atoms with Crippen LogP contribution in [0.5, 0.6) is 11.5 Å². The average molecular weight is 306 g/mol. The Hall–Kier alpha value is -1.22. The molecule has 0 radical (unpaired) electrons. The van der Waals surface area contributed by atoms with Gasteiger partial charge in [-0.3, -0.25) is 0 Å². The van der Waals surface area contributed by atoms with Gasteiger partial charge in [-0.15, -0.1) is 0 Å². The summed E-state index contributed by atoms with van der Waals surface area (Å²) in [4.78, 5) is 0. The van der Waals surface area contributed by atoms with Crippen LogP contribution >= 0.6 is 0 Å². The third-order valence-electron chi connectivity index (χ3n) is 4.04. The lowest BCUT2D eigenvalue weighted by Crippen LogP contribution is -2.42. The lowest BCUT2D eigenvalue weighted by atomic mass is 10.1. The molecule has 0 N–H and O–H groups in total. The van der Waals surface area contributed by atoms with E-state index in [1.54, 1.807) is 0 Å². The number of ether oxygens (including phenoxy) is 3. The van der Waals surface area contributed by atoms with Gasteiger partial charge >= 0.3 is 5.97 Å². The Balaban J connectivity index is 1.88. The van der Waals surface area contributed by atoms with Gasteiger partial charge in [-0.25, -0.2) is 0 Å². The maximum atomic E-state index is 6.06. The molecule has 22 heavy (non-hydrogen) atoms. The predicted octanol–water partition coefficient (Wildman–Crippen LogP) is 5.68. The van der Waals surface area contributed by atoms with Gasteiger partial charge in [0.2, 0.25) is 0 Å². The second-order valence-corrected chi connectivity index (χ2v) is 6.05. The second kappa shape index (κ2) is 9.04. The predicted molar refractivity (Wildman–Crippen MR) is 89.3 cm³/mol. The molecule has 2 rings (SSSR count). The van der Waals surface area contributed by atoms with E-state index < -0.39 is 5.97 Å². The van der Waals surface area contributed by atoms with E-state index in [1.807, 2.05) is 24.3 Å². The first-order chi connectivity index (χ1) is 10.8. The van der Waals surface area contributed by atoms with Crippen LogP contribution in [-0.4, -0.2) is 12.6 Å². The molecule has 0 fully saturated rings. The standard InChI is InChI=1S/C19H30O3/c1-3-5-7-11-15-19(20-16-12-8-6-4-2)21-17-13-9-10-14-18(17)22-19/h9-10,13-14H,3-8,11-12,15-16H2,1-2H3. The molecule has 0 amide bonds. The zero-order valence-corrected chi connectivity index (χ0v) is 14.1. The van der Waals surface area contributed by atoms with Crippen molar-refractivity contribution in [1.82, 2.24) is 0 Å². The highest BCUT2D eigenvalue weighted by molar-refractivity contribution is 5.42. The van der Waals surface area contributed by atoms with E-state index in [4.69, 9.17) is 14.2 Å². The van der Waals surface area contributed by atoms with Crippen molar-refractivity contribution in [2.24, 2.45) is 0 Å². The molecule has 0 spiro atoms. The Kier molecular flexibility index (Phi) is 7.04. The maximum Gasteiger partial charge on any atom is 0.371 e. The van der Waals surface area contributed by atoms with Gasteiger partial charge < -0.3 is 14.2 Å². The Morgan fingerprint density at radius 3 is 2.00 bits per heavy atom. The summed E-state index contributed by atoms with van der Waals surface area (Å²) < 4.78 is 18.1. The molecule has 3 heteroatoms. The molecule has 0 saturated heterocycles. The van der Waals surface area contributed by atoms with E-state index in [-0.39, 0.29) is 0 Å². The van der Waals surface area contributed by atoms with Crippen molar-refractivity contribution < 1.29 is 14.2 Å². The largest absolute Gasteiger partial charge is 0.426 e. The van der Waals surface area contributed by atoms with Crippen molar-refractivity contribution in [1.29, 1.82) is 0 Å². The summed E-state index contributed by atoms with van der Waals surface area (Å²) in [6, 6.07) is 7.83. The SMILES string of the molecule is CCCCCCOC1(CCCCCC)Oc2ccccc2O1. The Bertz CT molecular complexity index is 405. The first-order valence-electron chi connectivity index (χ1n) is 8.90. The quantitative estimate of drug-likeness (QED) is 0.492. The van der Waals surface area contributed by atoms with Gasteiger partial charge in [0.25, 0.3) is 0 Å². The van der Waals surface area contributed by atoms with E-state index in [9.17, 15) is 0 Å². The van der Waals surface area contributed by atoms with E-state index in [0.29, 0.717) is 6.61 Å². The molecule has 0 saturated carbocycles. The first-order valence-corrected chi connectivity index (χ1v) is 8.90. The maximum absolute atomic E-state index is 6.06. The Labute approximate surface area is 135 Å². The van der Waals surface area contributed by atoms with Crippen LogP contribution in [0.25, 0.3) is 0 Å². The summed E-state index contributed by atoms with van der Waals surface area (Å²) in [5.41, 5.74) is 0. The summed E-state index contributed by atoms with van der Waals surface area (Å²) >= 11 is 0. The van der Waals surface area contributed by atoms with Crippen molar-refractivity contribution in [2.75, 3.05) is 6.61 Å². The summed E-state index contributed by atoms with van der Waals surface area (Å²) in [6.07, 6.45) is 10.3. The molecule has 1 aliphatic heterocycles. The monoisotopic (exact) mass is 306 g/mol. The summed E-state index contributed by atoms with van der Waals surface area (Å²) in [6.45, 7) is 5.14. The number of unbranched alkanes of at least 4 members (excludes halogenated alkanes) is 6. The molecule has 1 aromatic rings. The molecular weight excluding hydrogens is 276 g/mol. The van der Waals surface area contributed by atoms with Crippen LogP contribution in [0.2, 0.25) is 0 Å². The Morgan fingerprint density at radius 2 is 1.41 bits per heavy atom. The number of benzene rings is 1. The van der Waals surface area contributed by atoms with Gasteiger partial charge in [0.1, 0.15) is 0 Å². The van der Waals surface area contributed by atoms with Crippen LogP contribution in [0.1, 0.15) is 71.6 Å². The van der Waals surface area contributed by atoms with Gasteiger partial charge in [0, 0.05) is 0 Å². The van der Waals surface area contributed by atoms with Crippen LogP contribution in [0.4, 0.5) is 0 Å². The smallest absolute Gasteiger partial charge is 0.371 e.